The highest BCUT2D eigenvalue weighted by Crippen LogP contribution is 2.26. The van der Waals surface area contributed by atoms with Crippen LogP contribution in [0.1, 0.15) is 15.9 Å². The first kappa shape index (κ1) is 10.3. The van der Waals surface area contributed by atoms with Gasteiger partial charge in [-0.15, -0.1) is 0 Å². The molecule has 0 bridgehead atoms. The summed E-state index contributed by atoms with van der Waals surface area (Å²) in [5.74, 6) is -1.22. The Labute approximate surface area is 82.9 Å². The normalized spacial score (nSPS) is 11.4. The van der Waals surface area contributed by atoms with Crippen molar-refractivity contribution < 1.29 is 13.6 Å². The lowest BCUT2D eigenvalue weighted by Crippen LogP contribution is -2.20. The van der Waals surface area contributed by atoms with Gasteiger partial charge in [0.25, 0.3) is 0 Å². The van der Waals surface area contributed by atoms with Gasteiger partial charge in [0.05, 0.1) is 0 Å². The molecular formula is C9H7BrF2O. The van der Waals surface area contributed by atoms with Crippen molar-refractivity contribution in [2.75, 3.05) is 0 Å². The molecule has 0 unspecified atom stereocenters. The summed E-state index contributed by atoms with van der Waals surface area (Å²) in [6.45, 7) is 1.82. The zero-order chi connectivity index (χ0) is 10.1. The molecule has 0 aliphatic heterocycles. The average Bonchev–Trinajstić information content (AvgIpc) is 2.03. The van der Waals surface area contributed by atoms with Gasteiger partial charge >= 0.3 is 4.83 Å². The van der Waals surface area contributed by atoms with Gasteiger partial charge in [-0.2, -0.15) is 8.78 Å². The Hall–Kier alpha value is -0.770. The van der Waals surface area contributed by atoms with Crippen LogP contribution in [0, 0.1) is 6.92 Å². The second-order valence-corrected chi connectivity index (χ2v) is 3.69. The minimum atomic E-state index is -3.47. The predicted molar refractivity (Wildman–Crippen MR) is 49.4 cm³/mol. The van der Waals surface area contributed by atoms with Gasteiger partial charge in [0.2, 0.25) is 5.78 Å². The van der Waals surface area contributed by atoms with E-state index in [9.17, 15) is 13.6 Å². The fraction of sp³-hybridized carbons (Fsp3) is 0.222. The molecule has 1 rings (SSSR count). The molecule has 0 aromatic heterocycles. The highest BCUT2D eigenvalue weighted by atomic mass is 79.9. The van der Waals surface area contributed by atoms with Crippen molar-refractivity contribution in [1.29, 1.82) is 0 Å². The van der Waals surface area contributed by atoms with Gasteiger partial charge in [-0.3, -0.25) is 4.79 Å². The molecule has 0 atom stereocenters. The Morgan fingerprint density at radius 1 is 1.31 bits per heavy atom. The van der Waals surface area contributed by atoms with E-state index in [4.69, 9.17) is 0 Å². The molecule has 0 N–H and O–H groups in total. The fourth-order valence-electron chi connectivity index (χ4n) is 0.869. The topological polar surface area (TPSA) is 17.1 Å². The van der Waals surface area contributed by atoms with Gasteiger partial charge in [-0.05, 0) is 22.9 Å². The largest absolute Gasteiger partial charge is 0.363 e. The van der Waals surface area contributed by atoms with Crippen molar-refractivity contribution >= 4 is 21.7 Å². The van der Waals surface area contributed by atoms with Crippen LogP contribution in [0.3, 0.4) is 0 Å². The van der Waals surface area contributed by atoms with Crippen LogP contribution in [-0.2, 0) is 0 Å². The van der Waals surface area contributed by atoms with E-state index in [1.807, 2.05) is 22.9 Å². The molecule has 70 valence electrons. The lowest BCUT2D eigenvalue weighted by Gasteiger charge is -2.06. The molecule has 1 aromatic rings. The van der Waals surface area contributed by atoms with Gasteiger partial charge in [-0.1, -0.05) is 29.8 Å². The van der Waals surface area contributed by atoms with E-state index in [-0.39, 0.29) is 5.56 Å². The number of aryl methyl sites for hydroxylation is 1. The SMILES string of the molecule is Cc1ccc(C(=O)C(F)(F)Br)cc1. The number of Topliss-reactive ketones (excluding diaryl/α,β-unsaturated/α-hetero) is 1. The maximum Gasteiger partial charge on any atom is 0.363 e. The molecule has 0 spiro atoms. The summed E-state index contributed by atoms with van der Waals surface area (Å²) in [4.78, 5) is 7.51. The number of hydrogen-bond donors (Lipinski definition) is 0. The average molecular weight is 249 g/mol. The molecular weight excluding hydrogens is 242 g/mol. The highest BCUT2D eigenvalue weighted by molar-refractivity contribution is 9.10. The Balaban J connectivity index is 2.97. The molecule has 0 saturated carbocycles. The molecule has 0 radical (unpaired) electrons. The number of rotatable bonds is 2. The number of carbonyl (C=O) groups excluding carboxylic acids is 1. The first-order valence-electron chi connectivity index (χ1n) is 3.59. The molecule has 1 nitrogen and oxygen atoms in total. The quantitative estimate of drug-likeness (QED) is 0.581. The van der Waals surface area contributed by atoms with Crippen LogP contribution in [0.15, 0.2) is 24.3 Å². The van der Waals surface area contributed by atoms with Gasteiger partial charge in [0.15, 0.2) is 0 Å². The minimum absolute atomic E-state index is 0.00692. The van der Waals surface area contributed by atoms with Crippen LogP contribution in [0.2, 0.25) is 0 Å². The van der Waals surface area contributed by atoms with Crippen LogP contribution in [0.25, 0.3) is 0 Å². The zero-order valence-corrected chi connectivity index (χ0v) is 8.44. The maximum atomic E-state index is 12.5. The molecule has 0 heterocycles. The van der Waals surface area contributed by atoms with E-state index in [1.165, 1.54) is 12.1 Å². The van der Waals surface area contributed by atoms with Crippen molar-refractivity contribution in [1.82, 2.24) is 0 Å². The zero-order valence-electron chi connectivity index (χ0n) is 6.85. The molecule has 0 amide bonds. The smallest absolute Gasteiger partial charge is 0.286 e. The van der Waals surface area contributed by atoms with E-state index >= 15 is 0 Å². The molecule has 0 aliphatic rings. The summed E-state index contributed by atoms with van der Waals surface area (Å²) in [5, 5.41) is 0. The van der Waals surface area contributed by atoms with Crippen LogP contribution in [0.4, 0.5) is 8.78 Å². The number of halogens is 3. The second kappa shape index (κ2) is 3.54. The van der Waals surface area contributed by atoms with Crippen molar-refractivity contribution in [3.8, 4) is 0 Å². The van der Waals surface area contributed by atoms with Gasteiger partial charge in [0.1, 0.15) is 0 Å². The standard InChI is InChI=1S/C9H7BrF2O/c1-6-2-4-7(5-3-6)8(13)9(10,11)12/h2-5H,1H3. The lowest BCUT2D eigenvalue weighted by atomic mass is 10.1. The first-order chi connectivity index (χ1) is 5.91. The van der Waals surface area contributed by atoms with E-state index in [0.29, 0.717) is 0 Å². The number of alkyl halides is 3. The maximum absolute atomic E-state index is 12.5. The predicted octanol–water partition coefficient (Wildman–Crippen LogP) is 3.17. The second-order valence-electron chi connectivity index (χ2n) is 2.69. The fourth-order valence-corrected chi connectivity index (χ4v) is 1.10. The molecule has 13 heavy (non-hydrogen) atoms. The summed E-state index contributed by atoms with van der Waals surface area (Å²) < 4.78 is 24.9. The Bertz CT molecular complexity index is 313. The minimum Gasteiger partial charge on any atom is -0.286 e. The van der Waals surface area contributed by atoms with E-state index < -0.39 is 10.6 Å². The van der Waals surface area contributed by atoms with Gasteiger partial charge in [-0.25, -0.2) is 0 Å². The van der Waals surface area contributed by atoms with E-state index in [0.717, 1.165) is 5.56 Å². The number of carbonyl (C=O) groups is 1. The van der Waals surface area contributed by atoms with E-state index in [2.05, 4.69) is 0 Å². The Morgan fingerprint density at radius 2 is 1.77 bits per heavy atom. The van der Waals surface area contributed by atoms with Crippen molar-refractivity contribution in [2.24, 2.45) is 0 Å². The summed E-state index contributed by atoms with van der Waals surface area (Å²) in [5.41, 5.74) is 0.932. The highest BCUT2D eigenvalue weighted by Gasteiger charge is 2.35. The third-order valence-electron chi connectivity index (χ3n) is 1.57. The Kier molecular flexibility index (Phi) is 2.81. The van der Waals surface area contributed by atoms with Crippen LogP contribution < -0.4 is 0 Å². The Morgan fingerprint density at radius 3 is 2.15 bits per heavy atom. The molecule has 4 heteroatoms. The first-order valence-corrected chi connectivity index (χ1v) is 4.39. The van der Waals surface area contributed by atoms with Crippen molar-refractivity contribution in [3.63, 3.8) is 0 Å². The number of ketones is 1. The monoisotopic (exact) mass is 248 g/mol. The number of hydrogen-bond acceptors (Lipinski definition) is 1. The lowest BCUT2D eigenvalue weighted by molar-refractivity contribution is 0.0592. The molecule has 0 aliphatic carbocycles. The molecule has 0 fully saturated rings. The van der Waals surface area contributed by atoms with Crippen molar-refractivity contribution in [2.45, 2.75) is 11.8 Å². The van der Waals surface area contributed by atoms with Crippen LogP contribution in [-0.4, -0.2) is 10.6 Å². The summed E-state index contributed by atoms with van der Waals surface area (Å²) in [7, 11) is 0. The summed E-state index contributed by atoms with van der Waals surface area (Å²) in [6, 6.07) is 6.00. The van der Waals surface area contributed by atoms with Gasteiger partial charge in [0, 0.05) is 5.56 Å². The third kappa shape index (κ3) is 2.59. The van der Waals surface area contributed by atoms with Gasteiger partial charge < -0.3 is 0 Å². The summed E-state index contributed by atoms with van der Waals surface area (Å²) in [6.07, 6.45) is 0. The summed E-state index contributed by atoms with van der Waals surface area (Å²) >= 11 is 2.02. The van der Waals surface area contributed by atoms with Crippen LogP contribution >= 0.6 is 15.9 Å². The third-order valence-corrected chi connectivity index (χ3v) is 1.93. The van der Waals surface area contributed by atoms with Crippen molar-refractivity contribution in [3.05, 3.63) is 35.4 Å². The van der Waals surface area contributed by atoms with E-state index in [1.54, 1.807) is 12.1 Å². The molecule has 1 aromatic carbocycles. The van der Waals surface area contributed by atoms with Crippen LogP contribution in [0.5, 0.6) is 0 Å². The number of benzene rings is 1. The molecule has 0 saturated heterocycles.